The Balaban J connectivity index is 1.90. The molecule has 0 aliphatic carbocycles. The monoisotopic (exact) mass is 373 g/mol. The lowest BCUT2D eigenvalue weighted by atomic mass is 10.0. The Bertz CT molecular complexity index is 926. The van der Waals surface area contributed by atoms with Gasteiger partial charge in [0.05, 0.1) is 11.6 Å². The van der Waals surface area contributed by atoms with Crippen molar-refractivity contribution in [1.29, 1.82) is 5.41 Å². The number of carboxylic acid groups (broad SMARTS) is 1. The number of aromatic nitrogens is 1. The molecule has 1 unspecified atom stereocenters. The molecule has 0 radical (unpaired) electrons. The molecule has 136 valence electrons. The fourth-order valence-corrected chi connectivity index (χ4v) is 4.44. The number of sulfonamides is 1. The number of rotatable bonds is 5. The molecule has 0 bridgehead atoms. The third-order valence-electron chi connectivity index (χ3n) is 4.43. The summed E-state index contributed by atoms with van der Waals surface area (Å²) in [7, 11) is -3.85. The van der Waals surface area contributed by atoms with E-state index in [4.69, 9.17) is 5.41 Å². The van der Waals surface area contributed by atoms with Crippen LogP contribution in [0.4, 0.5) is 0 Å². The number of carboxylic acids is 1. The molecule has 1 aliphatic rings. The molecule has 0 saturated carbocycles. The summed E-state index contributed by atoms with van der Waals surface area (Å²) in [6.45, 7) is 0.268. The van der Waals surface area contributed by atoms with Crippen LogP contribution in [0, 0.1) is 11.3 Å². The fraction of sp³-hybridized carbons (Fsp3) is 0.278. The van der Waals surface area contributed by atoms with Crippen molar-refractivity contribution < 1.29 is 18.3 Å². The summed E-state index contributed by atoms with van der Waals surface area (Å²) in [5, 5.41) is 16.3. The van der Waals surface area contributed by atoms with Gasteiger partial charge in [-0.15, -0.1) is 0 Å². The topological polar surface area (TPSA) is 111 Å². The van der Waals surface area contributed by atoms with Gasteiger partial charge >= 0.3 is 5.97 Å². The van der Waals surface area contributed by atoms with Crippen molar-refractivity contribution in [1.82, 2.24) is 9.29 Å². The van der Waals surface area contributed by atoms with E-state index in [9.17, 15) is 18.3 Å². The fourth-order valence-electron chi connectivity index (χ4n) is 2.96. The summed E-state index contributed by atoms with van der Waals surface area (Å²) in [5.41, 5.74) is 2.00. The second kappa shape index (κ2) is 7.35. The van der Waals surface area contributed by atoms with E-state index in [1.165, 1.54) is 16.6 Å². The number of carbonyl (C=O) groups is 1. The molecule has 26 heavy (non-hydrogen) atoms. The van der Waals surface area contributed by atoms with Gasteiger partial charge in [-0.3, -0.25) is 4.79 Å². The van der Waals surface area contributed by atoms with E-state index < -0.39 is 21.9 Å². The Morgan fingerprint density at radius 3 is 2.62 bits per heavy atom. The van der Waals surface area contributed by atoms with Gasteiger partial charge in [-0.2, -0.15) is 4.31 Å². The van der Waals surface area contributed by atoms with Gasteiger partial charge in [0.1, 0.15) is 0 Å². The maximum Gasteiger partial charge on any atom is 0.307 e. The van der Waals surface area contributed by atoms with Crippen molar-refractivity contribution in [3.63, 3.8) is 0 Å². The van der Waals surface area contributed by atoms with Crippen LogP contribution in [0.5, 0.6) is 0 Å². The number of aliphatic carboxylic acids is 1. The van der Waals surface area contributed by atoms with Gasteiger partial charge in [-0.05, 0) is 30.5 Å². The summed E-state index contributed by atoms with van der Waals surface area (Å²) in [6, 6.07) is 11.8. The quantitative estimate of drug-likeness (QED) is 0.781. The van der Waals surface area contributed by atoms with Gasteiger partial charge in [-0.1, -0.05) is 30.3 Å². The van der Waals surface area contributed by atoms with Crippen molar-refractivity contribution in [2.75, 3.05) is 13.1 Å². The minimum atomic E-state index is -3.85. The highest BCUT2D eigenvalue weighted by molar-refractivity contribution is 7.89. The number of hydrogen-bond acceptors (Lipinski definition) is 5. The molecule has 2 heterocycles. The second-order valence-electron chi connectivity index (χ2n) is 6.17. The van der Waals surface area contributed by atoms with E-state index in [-0.39, 0.29) is 11.6 Å². The van der Waals surface area contributed by atoms with Crippen LogP contribution in [-0.4, -0.2) is 48.1 Å². The minimum absolute atomic E-state index is 0.0302. The Morgan fingerprint density at radius 1 is 1.23 bits per heavy atom. The predicted octanol–water partition coefficient (Wildman–Crippen LogP) is 2.23. The number of hydrogen-bond donors (Lipinski definition) is 2. The van der Waals surface area contributed by atoms with E-state index in [2.05, 4.69) is 4.98 Å². The molecule has 7 nitrogen and oxygen atoms in total. The van der Waals surface area contributed by atoms with Crippen LogP contribution in [-0.2, 0) is 14.8 Å². The molecule has 3 rings (SSSR count). The van der Waals surface area contributed by atoms with Crippen molar-refractivity contribution in [3.05, 3.63) is 48.0 Å². The van der Waals surface area contributed by atoms with E-state index in [0.29, 0.717) is 25.1 Å². The summed E-state index contributed by atoms with van der Waals surface area (Å²) < 4.78 is 27.0. The first-order valence-electron chi connectivity index (χ1n) is 8.23. The molecule has 1 atom stereocenters. The Morgan fingerprint density at radius 2 is 1.96 bits per heavy atom. The smallest absolute Gasteiger partial charge is 0.307 e. The van der Waals surface area contributed by atoms with Gasteiger partial charge in [0.2, 0.25) is 0 Å². The van der Waals surface area contributed by atoms with Crippen LogP contribution in [0.15, 0.2) is 47.5 Å². The summed E-state index contributed by atoms with van der Waals surface area (Å²) in [5.74, 6) is -1.66. The average Bonchev–Trinajstić information content (AvgIpc) is 2.68. The van der Waals surface area contributed by atoms with Gasteiger partial charge < -0.3 is 10.5 Å². The first kappa shape index (κ1) is 18.2. The molecule has 1 saturated heterocycles. The number of pyridine rings is 1. The van der Waals surface area contributed by atoms with Gasteiger partial charge in [0, 0.05) is 24.9 Å². The molecule has 1 aromatic carbocycles. The van der Waals surface area contributed by atoms with Crippen molar-refractivity contribution in [2.45, 2.75) is 17.9 Å². The highest BCUT2D eigenvalue weighted by atomic mass is 32.2. The first-order chi connectivity index (χ1) is 12.4. The van der Waals surface area contributed by atoms with Crippen LogP contribution < -0.4 is 0 Å². The molecule has 2 N–H and O–H groups in total. The maximum atomic E-state index is 12.9. The normalized spacial score (nSPS) is 18.4. The van der Waals surface area contributed by atoms with E-state index in [1.54, 1.807) is 36.4 Å². The molecule has 2 aromatic rings. The third kappa shape index (κ3) is 3.66. The van der Waals surface area contributed by atoms with Crippen molar-refractivity contribution in [2.24, 2.45) is 5.92 Å². The molecule has 0 spiro atoms. The largest absolute Gasteiger partial charge is 0.481 e. The molecule has 0 amide bonds. The highest BCUT2D eigenvalue weighted by Crippen LogP contribution is 2.25. The zero-order chi connectivity index (χ0) is 18.7. The zero-order valence-electron chi connectivity index (χ0n) is 14.0. The molecule has 1 fully saturated rings. The van der Waals surface area contributed by atoms with Crippen LogP contribution in [0.1, 0.15) is 18.4 Å². The number of benzene rings is 1. The number of nitrogens with one attached hydrogen (secondary N) is 1. The van der Waals surface area contributed by atoms with Crippen LogP contribution in [0.2, 0.25) is 0 Å². The summed E-state index contributed by atoms with van der Waals surface area (Å²) in [6.07, 6.45) is 2.22. The zero-order valence-corrected chi connectivity index (χ0v) is 14.8. The highest BCUT2D eigenvalue weighted by Gasteiger charge is 2.34. The standard InChI is InChI=1S/C18H19N3O4S/c19-11-13-6-8-14(9-7-13)16-4-1-5-17(20-16)26(24,25)21-10-2-3-15(12-21)18(22)23/h1,4-9,11,15,19H,2-3,10,12H2,(H,22,23). The van der Waals surface area contributed by atoms with E-state index >= 15 is 0 Å². The Hall–Kier alpha value is -2.58. The summed E-state index contributed by atoms with van der Waals surface area (Å²) in [4.78, 5) is 15.5. The molecule has 8 heteroatoms. The van der Waals surface area contributed by atoms with E-state index in [1.807, 2.05) is 0 Å². The molecule has 1 aromatic heterocycles. The SMILES string of the molecule is N=Cc1ccc(-c2cccc(S(=O)(=O)N3CCCC(C(=O)O)C3)n2)cc1. The van der Waals surface area contributed by atoms with Crippen molar-refractivity contribution in [3.8, 4) is 11.3 Å². The lowest BCUT2D eigenvalue weighted by molar-refractivity contribution is -0.142. The Labute approximate surface area is 151 Å². The van der Waals surface area contributed by atoms with Gasteiger partial charge in [-0.25, -0.2) is 13.4 Å². The van der Waals surface area contributed by atoms with Gasteiger partial charge in [0.15, 0.2) is 5.03 Å². The molecule has 1 aliphatic heterocycles. The third-order valence-corrected chi connectivity index (χ3v) is 6.20. The van der Waals surface area contributed by atoms with Crippen molar-refractivity contribution >= 4 is 22.2 Å². The van der Waals surface area contributed by atoms with Gasteiger partial charge in [0.25, 0.3) is 10.0 Å². The average molecular weight is 373 g/mol. The number of nitrogens with zero attached hydrogens (tertiary/aromatic N) is 2. The van der Waals surface area contributed by atoms with Crippen LogP contribution in [0.3, 0.4) is 0 Å². The Kier molecular flexibility index (Phi) is 5.15. The lowest BCUT2D eigenvalue weighted by Crippen LogP contribution is -2.42. The minimum Gasteiger partial charge on any atom is -0.481 e. The second-order valence-corrected chi connectivity index (χ2v) is 8.05. The van der Waals surface area contributed by atoms with E-state index in [0.717, 1.165) is 11.1 Å². The van der Waals surface area contributed by atoms with Crippen LogP contribution in [0.25, 0.3) is 11.3 Å². The molecular weight excluding hydrogens is 354 g/mol. The lowest BCUT2D eigenvalue weighted by Gasteiger charge is -2.29. The predicted molar refractivity (Wildman–Crippen MR) is 96.7 cm³/mol. The maximum absolute atomic E-state index is 12.9. The molecular formula is C18H19N3O4S. The first-order valence-corrected chi connectivity index (χ1v) is 9.67. The number of piperidine rings is 1. The summed E-state index contributed by atoms with van der Waals surface area (Å²) >= 11 is 0. The van der Waals surface area contributed by atoms with Crippen LogP contribution >= 0.6 is 0 Å².